The fourth-order valence-electron chi connectivity index (χ4n) is 8.47. The van der Waals surface area contributed by atoms with E-state index in [1.165, 1.54) is 0 Å². The van der Waals surface area contributed by atoms with Crippen LogP contribution in [0, 0.1) is 0 Å². The lowest BCUT2D eigenvalue weighted by Crippen LogP contribution is -2.70. The molecule has 86 heavy (non-hydrogen) atoms. The molecule has 504 valence electrons. The highest BCUT2D eigenvalue weighted by Crippen LogP contribution is 2.38. The van der Waals surface area contributed by atoms with Crippen molar-refractivity contribution in [2.75, 3.05) is 19.8 Å². The number of hydrogen-bond donors (Lipinski definition) is 17. The maximum Gasteiger partial charge on any atom is 0.397 e. The quantitative estimate of drug-likeness (QED) is 0.0340. The number of hydrogen-bond acceptors (Lipinski definition) is 40. The van der Waals surface area contributed by atoms with Crippen LogP contribution in [0.3, 0.4) is 0 Å². The number of carbonyl (C=O) groups is 2. The second-order valence-electron chi connectivity index (χ2n) is 17.9. The van der Waals surface area contributed by atoms with Crippen LogP contribution in [0.2, 0.25) is 0 Å². The smallest absolute Gasteiger partial charge is 0.397 e. The number of carboxylic acid groups (broad SMARTS) is 2. The van der Waals surface area contributed by atoms with E-state index in [2.05, 4.69) is 29.3 Å². The van der Waals surface area contributed by atoms with Gasteiger partial charge in [0.15, 0.2) is 49.8 Å². The Hall–Kier alpha value is -2.65. The summed E-state index contributed by atoms with van der Waals surface area (Å²) < 4.78 is 309. The standard InChI is InChI=1S/C30H51N3O46S7/c31-7-17(77-84(55,56)57)14(5(67-26(7)42)2-65-81(46,47)48)71-30-21(79-86(61,62)63)13(37)20(23(75-30)25(40)41)73-28-9(33)18(78-85(58,59)60)15(6(69-28)3-66-82(49,50)51)70-29-12(36)11(35)19(22(74-29)24(38)39)72-27-8(32)16(76-83(52,53)54)10(34)4(68-27)1-64-80(43,44)45/h4-23,26-30,34-37,42H,1-3,31-33H2,(H,38,39)(H,40,41)(H,43,44,45)(H,46,47,48)(H,49,50,51)(H,52,53,54)(H,55,56,57)(H,58,59,60)(H,61,62,63)/t4-,5-,6-,7-,8-,9-,10-,11-,12-,13+,14-,15-,16-,17-,18-,19+,20+,21-,22+,23-,26+,27-,28-,29-,30-/m1/s1. The minimum Gasteiger partial charge on any atom is -0.479 e. The Kier molecular flexibility index (Phi) is 24.2. The minimum atomic E-state index is -6.06. The maximum absolute atomic E-state index is 12.9. The summed E-state index contributed by atoms with van der Waals surface area (Å²) in [5, 5.41) is 75.8. The van der Waals surface area contributed by atoms with E-state index in [-0.39, 0.29) is 0 Å². The van der Waals surface area contributed by atoms with Crippen molar-refractivity contribution < 1.29 is 208 Å². The van der Waals surface area contributed by atoms with Crippen LogP contribution in [0.4, 0.5) is 0 Å². The summed E-state index contributed by atoms with van der Waals surface area (Å²) in [6.07, 6.45) is -60.1. The van der Waals surface area contributed by atoms with E-state index < -0.39 is 258 Å². The Morgan fingerprint density at radius 1 is 0.337 bits per heavy atom. The molecule has 0 radical (unpaired) electrons. The van der Waals surface area contributed by atoms with Crippen molar-refractivity contribution in [3.63, 3.8) is 0 Å². The summed E-state index contributed by atoms with van der Waals surface area (Å²) in [5.41, 5.74) is 17.8. The summed E-state index contributed by atoms with van der Waals surface area (Å²) in [6, 6.07) is -7.20. The molecule has 0 aromatic rings. The number of carboxylic acids is 2. The molecule has 5 heterocycles. The molecule has 0 bridgehead atoms. The van der Waals surface area contributed by atoms with Gasteiger partial charge in [0.2, 0.25) is 0 Å². The molecule has 56 heteroatoms. The van der Waals surface area contributed by atoms with Gasteiger partial charge in [-0.25, -0.2) is 38.9 Å². The van der Waals surface area contributed by atoms with Crippen molar-refractivity contribution in [2.24, 2.45) is 17.2 Å². The Balaban J connectivity index is 1.52. The molecule has 0 aromatic carbocycles. The predicted octanol–water partition coefficient (Wildman–Crippen LogP) is -13.1. The summed E-state index contributed by atoms with van der Waals surface area (Å²) in [4.78, 5) is 25.6. The largest absolute Gasteiger partial charge is 0.479 e. The lowest BCUT2D eigenvalue weighted by Gasteiger charge is -2.50. The molecule has 20 N–H and O–H groups in total. The molecule has 5 saturated heterocycles. The number of aliphatic carboxylic acids is 2. The highest BCUT2D eigenvalue weighted by atomic mass is 32.3. The van der Waals surface area contributed by atoms with Crippen molar-refractivity contribution in [3.05, 3.63) is 0 Å². The number of aliphatic hydroxyl groups excluding tert-OH is 5. The zero-order chi connectivity index (χ0) is 65.5. The highest BCUT2D eigenvalue weighted by molar-refractivity contribution is 7.82. The molecule has 0 aliphatic carbocycles. The third-order valence-electron chi connectivity index (χ3n) is 11.9. The molecule has 0 saturated carbocycles. The monoisotopic (exact) mass is 1410 g/mol. The fraction of sp³-hybridized carbons (Fsp3) is 0.933. The first-order valence-electron chi connectivity index (χ1n) is 22.4. The molecule has 5 rings (SSSR count). The van der Waals surface area contributed by atoms with Crippen molar-refractivity contribution in [1.29, 1.82) is 0 Å². The second-order valence-corrected chi connectivity index (χ2v) is 25.3. The average Bonchev–Trinajstić information content (AvgIpc) is 0.972. The first-order chi connectivity index (χ1) is 38.9. The molecule has 49 nitrogen and oxygen atoms in total. The van der Waals surface area contributed by atoms with Crippen LogP contribution in [-0.2, 0) is 154 Å². The van der Waals surface area contributed by atoms with Crippen LogP contribution in [-0.4, -0.2) is 312 Å². The third kappa shape index (κ3) is 20.7. The molecule has 0 unspecified atom stereocenters. The average molecular weight is 1410 g/mol. The first-order valence-corrected chi connectivity index (χ1v) is 32.0. The Morgan fingerprint density at radius 3 is 1.08 bits per heavy atom. The van der Waals surface area contributed by atoms with E-state index in [1.807, 2.05) is 0 Å². The van der Waals surface area contributed by atoms with Crippen LogP contribution in [0.1, 0.15) is 0 Å². The van der Waals surface area contributed by atoms with Crippen LogP contribution in [0.15, 0.2) is 0 Å². The van der Waals surface area contributed by atoms with Crippen LogP contribution in [0.25, 0.3) is 0 Å². The third-order valence-corrected chi connectivity index (χ3v) is 15.1. The molecule has 0 spiro atoms. The van der Waals surface area contributed by atoms with Gasteiger partial charge in [0.05, 0.1) is 37.9 Å². The van der Waals surface area contributed by atoms with E-state index in [0.717, 1.165) is 0 Å². The molecule has 5 aliphatic heterocycles. The zero-order valence-electron chi connectivity index (χ0n) is 41.5. The van der Waals surface area contributed by atoms with Crippen molar-refractivity contribution in [3.8, 4) is 0 Å². The van der Waals surface area contributed by atoms with Gasteiger partial charge in [-0.15, -0.1) is 0 Å². The summed E-state index contributed by atoms with van der Waals surface area (Å²) in [7, 11) is -40.2. The Morgan fingerprint density at radius 2 is 0.663 bits per heavy atom. The van der Waals surface area contributed by atoms with Crippen molar-refractivity contribution in [2.45, 2.75) is 153 Å². The van der Waals surface area contributed by atoms with Crippen LogP contribution < -0.4 is 17.2 Å². The molecule has 0 aromatic heterocycles. The van der Waals surface area contributed by atoms with Gasteiger partial charge in [-0.2, -0.15) is 58.9 Å². The number of ether oxygens (including phenoxy) is 9. The van der Waals surface area contributed by atoms with E-state index in [0.29, 0.717) is 0 Å². The minimum absolute atomic E-state index is 1.47. The first kappa shape index (κ1) is 74.1. The van der Waals surface area contributed by atoms with Gasteiger partial charge in [0, 0.05) is 0 Å². The van der Waals surface area contributed by atoms with Gasteiger partial charge in [-0.1, -0.05) is 0 Å². The number of aliphatic hydroxyl groups is 5. The number of nitrogens with two attached hydrogens (primary N) is 3. The summed E-state index contributed by atoms with van der Waals surface area (Å²) in [5.74, 6) is -4.65. The van der Waals surface area contributed by atoms with E-state index >= 15 is 0 Å². The van der Waals surface area contributed by atoms with E-state index in [1.54, 1.807) is 0 Å². The molecular formula is C30H51N3O46S7. The van der Waals surface area contributed by atoms with Crippen molar-refractivity contribution in [1.82, 2.24) is 0 Å². The maximum atomic E-state index is 12.9. The Bertz CT molecular complexity index is 3200. The second kappa shape index (κ2) is 28.1. The topological polar surface area (TPSA) is 782 Å². The zero-order valence-corrected chi connectivity index (χ0v) is 47.2. The van der Waals surface area contributed by atoms with Gasteiger partial charge < -0.3 is 95.6 Å². The lowest BCUT2D eigenvalue weighted by atomic mass is 9.94. The van der Waals surface area contributed by atoms with Gasteiger partial charge in [0.1, 0.15) is 85.5 Å². The fourth-order valence-corrected chi connectivity index (χ4v) is 11.4. The highest BCUT2D eigenvalue weighted by Gasteiger charge is 2.60. The van der Waals surface area contributed by atoms with E-state index in [9.17, 15) is 127 Å². The normalized spacial score (nSPS) is 40.0. The molecule has 25 atom stereocenters. The van der Waals surface area contributed by atoms with E-state index in [4.69, 9.17) is 68.9 Å². The summed E-state index contributed by atoms with van der Waals surface area (Å²) in [6.45, 7) is -4.86. The lowest BCUT2D eigenvalue weighted by molar-refractivity contribution is -0.371. The van der Waals surface area contributed by atoms with Crippen molar-refractivity contribution >= 4 is 84.7 Å². The summed E-state index contributed by atoms with van der Waals surface area (Å²) >= 11 is 0. The Labute approximate surface area is 481 Å². The van der Waals surface area contributed by atoms with Gasteiger partial charge in [-0.05, 0) is 0 Å². The molecule has 5 aliphatic rings. The molecule has 0 amide bonds. The molecule has 5 fully saturated rings. The van der Waals surface area contributed by atoms with Gasteiger partial charge in [-0.3, -0.25) is 31.9 Å². The SMILES string of the molecule is N[C@@H]1[C@@H](OS(=O)(=O)O)[C@H](O[C@@H]2O[C@@H](C(=O)O)[C@@H](O[C@H]3O[C@H](COS(=O)(=O)O)[C@@H](O[C@@H]4O[C@H](C(=O)O)[C@@H](O[C@H]5O[C@H](COS(=O)(=O)O)[C@@H](O)[C@H](OS(=O)(=O)O)[C@H]5N)[C@H](O)[C@H]4O)[C@H](OS(=O)(=O)O)[C@H]3N)[C@H](O)[C@H]2OS(=O)(=O)O)[C@@H](COS(=O)(=O)O)O[C@@H]1O. The van der Waals surface area contributed by atoms with Crippen LogP contribution in [0.5, 0.6) is 0 Å². The predicted molar refractivity (Wildman–Crippen MR) is 246 cm³/mol. The van der Waals surface area contributed by atoms with Gasteiger partial charge in [0.25, 0.3) is 0 Å². The number of rotatable bonds is 27. The molecular weight excluding hydrogens is 1360 g/mol. The van der Waals surface area contributed by atoms with Crippen LogP contribution >= 0.6 is 0 Å². The van der Waals surface area contributed by atoms with Gasteiger partial charge >= 0.3 is 84.7 Å².